The summed E-state index contributed by atoms with van der Waals surface area (Å²) >= 11 is 0. The van der Waals surface area contributed by atoms with Crippen molar-refractivity contribution in [3.8, 4) is 0 Å². The molecule has 0 aromatic carbocycles. The second-order valence-corrected chi connectivity index (χ2v) is 8.40. The Morgan fingerprint density at radius 2 is 1.85 bits per heavy atom. The van der Waals surface area contributed by atoms with Crippen molar-refractivity contribution in [1.29, 1.82) is 0 Å². The Hall–Kier alpha value is -1.95. The van der Waals surface area contributed by atoms with E-state index in [9.17, 15) is 0 Å². The zero-order valence-electron chi connectivity index (χ0n) is 16.2. The predicted molar refractivity (Wildman–Crippen MR) is 104 cm³/mol. The number of fused-ring (bicyclic) bond motifs is 1. The molecule has 0 radical (unpaired) electrons. The predicted octanol–water partition coefficient (Wildman–Crippen LogP) is 3.29. The van der Waals surface area contributed by atoms with Crippen LogP contribution in [0.3, 0.4) is 0 Å². The van der Waals surface area contributed by atoms with Crippen molar-refractivity contribution in [1.82, 2.24) is 20.0 Å². The summed E-state index contributed by atoms with van der Waals surface area (Å²) in [7, 11) is 0. The first-order chi connectivity index (χ1) is 13.3. The van der Waals surface area contributed by atoms with Crippen LogP contribution in [0.4, 0.5) is 5.82 Å². The molecule has 0 amide bonds. The molecule has 2 aromatic rings. The number of nitrogens with zero attached hydrogens (tertiary/aromatic N) is 5. The maximum Gasteiger partial charge on any atom is 0.140 e. The molecule has 5 rings (SSSR count). The molecular weight excluding hydrogens is 338 g/mol. The van der Waals surface area contributed by atoms with Crippen LogP contribution in [-0.4, -0.2) is 45.2 Å². The van der Waals surface area contributed by atoms with Crippen LogP contribution in [0.2, 0.25) is 0 Å². The molecule has 27 heavy (non-hydrogen) atoms. The summed E-state index contributed by atoms with van der Waals surface area (Å²) in [6.07, 6.45) is 11.4. The number of rotatable bonds is 5. The minimum Gasteiger partial charge on any atom is -0.361 e. The number of aromatic nitrogens is 3. The quantitative estimate of drug-likeness (QED) is 0.808. The zero-order valence-corrected chi connectivity index (χ0v) is 16.2. The van der Waals surface area contributed by atoms with Gasteiger partial charge in [-0.25, -0.2) is 9.97 Å². The van der Waals surface area contributed by atoms with E-state index in [0.717, 1.165) is 49.7 Å². The van der Waals surface area contributed by atoms with Gasteiger partial charge in [0.2, 0.25) is 0 Å². The van der Waals surface area contributed by atoms with Crippen LogP contribution in [0.25, 0.3) is 0 Å². The fraction of sp³-hybridized carbons (Fsp3) is 0.667. The number of anilines is 1. The van der Waals surface area contributed by atoms with Gasteiger partial charge in [0, 0.05) is 55.5 Å². The average molecular weight is 367 g/mol. The highest BCUT2D eigenvalue weighted by Gasteiger charge is 2.36. The lowest BCUT2D eigenvalue weighted by Gasteiger charge is -2.39. The second-order valence-electron chi connectivity index (χ2n) is 8.40. The van der Waals surface area contributed by atoms with Crippen molar-refractivity contribution in [2.75, 3.05) is 18.0 Å². The molecule has 1 saturated carbocycles. The summed E-state index contributed by atoms with van der Waals surface area (Å²) in [6.45, 7) is 5.25. The van der Waals surface area contributed by atoms with Crippen LogP contribution in [0.1, 0.15) is 61.2 Å². The number of hydrogen-bond acceptors (Lipinski definition) is 6. The van der Waals surface area contributed by atoms with Gasteiger partial charge in [0.25, 0.3) is 0 Å². The first-order valence-corrected chi connectivity index (χ1v) is 10.5. The van der Waals surface area contributed by atoms with Gasteiger partial charge in [-0.1, -0.05) is 5.16 Å². The Kier molecular flexibility index (Phi) is 4.60. The number of aryl methyl sites for hydroxylation is 2. The highest BCUT2D eigenvalue weighted by atomic mass is 16.5. The van der Waals surface area contributed by atoms with Crippen LogP contribution >= 0.6 is 0 Å². The Balaban J connectivity index is 1.24. The summed E-state index contributed by atoms with van der Waals surface area (Å²) in [5.41, 5.74) is 3.65. The smallest absolute Gasteiger partial charge is 0.140 e. The molecule has 2 fully saturated rings. The van der Waals surface area contributed by atoms with E-state index in [0.29, 0.717) is 12.1 Å². The number of piperidine rings is 1. The summed E-state index contributed by atoms with van der Waals surface area (Å²) in [5.74, 6) is 2.26. The first-order valence-electron chi connectivity index (χ1n) is 10.5. The fourth-order valence-electron chi connectivity index (χ4n) is 4.75. The number of likely N-dealkylation sites (tertiary alicyclic amines) is 1. The van der Waals surface area contributed by atoms with E-state index >= 15 is 0 Å². The van der Waals surface area contributed by atoms with Gasteiger partial charge in [0.15, 0.2) is 0 Å². The third kappa shape index (κ3) is 3.59. The molecule has 6 nitrogen and oxygen atoms in total. The van der Waals surface area contributed by atoms with Crippen molar-refractivity contribution in [2.24, 2.45) is 0 Å². The molecule has 0 unspecified atom stereocenters. The number of hydrogen-bond donors (Lipinski definition) is 0. The van der Waals surface area contributed by atoms with Crippen LogP contribution in [0.15, 0.2) is 16.9 Å². The van der Waals surface area contributed by atoms with Crippen molar-refractivity contribution in [3.63, 3.8) is 0 Å². The lowest BCUT2D eigenvalue weighted by molar-refractivity contribution is 0.195. The van der Waals surface area contributed by atoms with Gasteiger partial charge in [0.1, 0.15) is 23.6 Å². The molecule has 144 valence electrons. The summed E-state index contributed by atoms with van der Waals surface area (Å²) in [6, 6.07) is 3.42. The maximum absolute atomic E-state index is 5.60. The van der Waals surface area contributed by atoms with Gasteiger partial charge < -0.3 is 9.42 Å². The van der Waals surface area contributed by atoms with Crippen molar-refractivity contribution >= 4 is 5.82 Å². The fourth-order valence-corrected chi connectivity index (χ4v) is 4.75. The Morgan fingerprint density at radius 3 is 2.63 bits per heavy atom. The van der Waals surface area contributed by atoms with Crippen LogP contribution in [-0.2, 0) is 19.4 Å². The normalized spacial score (nSPS) is 21.2. The summed E-state index contributed by atoms with van der Waals surface area (Å²) < 4.78 is 5.60. The molecule has 0 N–H and O–H groups in total. The molecule has 6 heteroatoms. The van der Waals surface area contributed by atoms with Crippen LogP contribution in [0, 0.1) is 6.92 Å². The summed E-state index contributed by atoms with van der Waals surface area (Å²) in [5, 5.41) is 4.40. The van der Waals surface area contributed by atoms with Crippen molar-refractivity contribution < 1.29 is 4.52 Å². The molecule has 1 aliphatic heterocycles. The lowest BCUT2D eigenvalue weighted by Crippen LogP contribution is -2.46. The van der Waals surface area contributed by atoms with Crippen LogP contribution in [0.5, 0.6) is 0 Å². The molecule has 3 aliphatic rings. The third-order valence-electron chi connectivity index (χ3n) is 6.35. The highest BCUT2D eigenvalue weighted by molar-refractivity contribution is 5.43. The standard InChI is InChI=1S/C21H29N5O/c1-15-12-21(23-14-22-15)26(16-6-7-16)17-8-10-25(11-9-17)13-19-18-4-2-3-5-20(18)27-24-19/h12,14,16-17H,2-11,13H2,1H3. The average Bonchev–Trinajstić information content (AvgIpc) is 3.44. The Bertz CT molecular complexity index is 792. The third-order valence-corrected chi connectivity index (χ3v) is 6.35. The Labute approximate surface area is 161 Å². The largest absolute Gasteiger partial charge is 0.361 e. The minimum atomic E-state index is 0.592. The van der Waals surface area contributed by atoms with Gasteiger partial charge >= 0.3 is 0 Å². The molecule has 2 aromatic heterocycles. The Morgan fingerprint density at radius 1 is 1.07 bits per heavy atom. The molecule has 2 aliphatic carbocycles. The monoisotopic (exact) mass is 367 g/mol. The SMILES string of the molecule is Cc1cc(N(C2CC2)C2CCN(Cc3noc4c3CCCC4)CC2)ncn1. The first kappa shape index (κ1) is 17.2. The summed E-state index contributed by atoms with van der Waals surface area (Å²) in [4.78, 5) is 14.0. The van der Waals surface area contributed by atoms with Gasteiger partial charge in [-0.3, -0.25) is 4.90 Å². The molecule has 0 bridgehead atoms. The van der Waals surface area contributed by atoms with E-state index in [1.54, 1.807) is 6.33 Å². The minimum absolute atomic E-state index is 0.592. The molecule has 1 saturated heterocycles. The van der Waals surface area contributed by atoms with Gasteiger partial charge in [0.05, 0.1) is 0 Å². The molecule has 0 atom stereocenters. The van der Waals surface area contributed by atoms with Gasteiger partial charge in [-0.05, 0) is 51.9 Å². The topological polar surface area (TPSA) is 58.3 Å². The van der Waals surface area contributed by atoms with E-state index in [-0.39, 0.29) is 0 Å². The highest BCUT2D eigenvalue weighted by Crippen LogP contribution is 2.35. The zero-order chi connectivity index (χ0) is 18.2. The molecule has 0 spiro atoms. The molecule has 3 heterocycles. The van der Waals surface area contributed by atoms with E-state index in [4.69, 9.17) is 4.52 Å². The van der Waals surface area contributed by atoms with E-state index in [1.165, 1.54) is 49.8 Å². The second kappa shape index (κ2) is 7.23. The molecular formula is C21H29N5O. The lowest BCUT2D eigenvalue weighted by atomic mass is 9.96. The van der Waals surface area contributed by atoms with E-state index in [2.05, 4.69) is 37.9 Å². The maximum atomic E-state index is 5.60. The van der Waals surface area contributed by atoms with E-state index in [1.807, 2.05) is 0 Å². The van der Waals surface area contributed by atoms with E-state index < -0.39 is 0 Å². The van der Waals surface area contributed by atoms with Gasteiger partial charge in [-0.2, -0.15) is 0 Å². The van der Waals surface area contributed by atoms with Crippen molar-refractivity contribution in [2.45, 2.75) is 76.9 Å². The van der Waals surface area contributed by atoms with Crippen LogP contribution < -0.4 is 4.90 Å². The van der Waals surface area contributed by atoms with Crippen molar-refractivity contribution in [3.05, 3.63) is 35.1 Å². The van der Waals surface area contributed by atoms with Gasteiger partial charge in [-0.15, -0.1) is 0 Å².